The molecule has 0 aromatic heterocycles. The first-order valence-electron chi connectivity index (χ1n) is 5.21. The lowest BCUT2D eigenvalue weighted by Gasteiger charge is -2.27. The summed E-state index contributed by atoms with van der Waals surface area (Å²) in [4.78, 5) is 23.6. The Labute approximate surface area is 94.4 Å². The third-order valence-corrected chi connectivity index (χ3v) is 2.38. The maximum atomic E-state index is 11.9. The highest BCUT2D eigenvalue weighted by Gasteiger charge is 2.27. The molecule has 0 aromatic carbocycles. The Kier molecular flexibility index (Phi) is 4.80. The molecule has 1 rings (SSSR count). The molecule has 1 atom stereocenters. The zero-order valence-corrected chi connectivity index (χ0v) is 9.02. The van der Waals surface area contributed by atoms with Crippen molar-refractivity contribution in [1.29, 1.82) is 0 Å². The van der Waals surface area contributed by atoms with E-state index >= 15 is 0 Å². The zero-order valence-electron chi connectivity index (χ0n) is 9.02. The van der Waals surface area contributed by atoms with Crippen molar-refractivity contribution in [3.63, 3.8) is 0 Å². The second kappa shape index (κ2) is 6.13. The molecule has 16 heavy (non-hydrogen) atoms. The second-order valence-corrected chi connectivity index (χ2v) is 3.65. The van der Waals surface area contributed by atoms with Gasteiger partial charge in [0.25, 0.3) is 5.91 Å². The van der Waals surface area contributed by atoms with Crippen molar-refractivity contribution in [2.75, 3.05) is 19.7 Å². The van der Waals surface area contributed by atoms with Gasteiger partial charge in [0.2, 0.25) is 0 Å². The largest absolute Gasteiger partial charge is 0.480 e. The second-order valence-electron chi connectivity index (χ2n) is 3.65. The van der Waals surface area contributed by atoms with Crippen LogP contribution in [-0.2, 0) is 14.3 Å². The molecule has 88 valence electrons. The molecule has 1 heterocycles. The minimum atomic E-state index is -1.07. The van der Waals surface area contributed by atoms with Crippen LogP contribution in [0.1, 0.15) is 19.3 Å². The molecule has 0 aromatic rings. The third-order valence-electron chi connectivity index (χ3n) is 2.38. The van der Waals surface area contributed by atoms with Crippen molar-refractivity contribution in [2.24, 2.45) is 0 Å². The maximum absolute atomic E-state index is 11.9. The fourth-order valence-corrected chi connectivity index (χ4v) is 1.62. The standard InChI is InChI=1S/C11H15NO4/c1-2-6-12(8-10(13)14)11(15)9-5-3-4-7-16-9/h1,9H,3-8H2,(H,13,14). The first-order chi connectivity index (χ1) is 7.65. The van der Waals surface area contributed by atoms with E-state index in [1.807, 2.05) is 0 Å². The molecule has 0 spiro atoms. The SMILES string of the molecule is C#CCN(CC(=O)O)C(=O)C1CCCCO1. The molecule has 1 fully saturated rings. The van der Waals surface area contributed by atoms with Gasteiger partial charge in [-0.25, -0.2) is 0 Å². The highest BCUT2D eigenvalue weighted by atomic mass is 16.5. The number of aliphatic carboxylic acids is 1. The van der Waals surface area contributed by atoms with Crippen LogP contribution in [0.25, 0.3) is 0 Å². The summed E-state index contributed by atoms with van der Waals surface area (Å²) in [6, 6.07) is 0. The molecule has 1 amide bonds. The summed E-state index contributed by atoms with van der Waals surface area (Å²) in [6.07, 6.45) is 7.07. The average Bonchev–Trinajstić information content (AvgIpc) is 2.28. The number of ether oxygens (including phenoxy) is 1. The van der Waals surface area contributed by atoms with Gasteiger partial charge >= 0.3 is 5.97 Å². The Morgan fingerprint density at radius 2 is 2.25 bits per heavy atom. The lowest BCUT2D eigenvalue weighted by molar-refractivity contribution is -0.152. The van der Waals surface area contributed by atoms with E-state index in [0.717, 1.165) is 17.7 Å². The fourth-order valence-electron chi connectivity index (χ4n) is 1.62. The summed E-state index contributed by atoms with van der Waals surface area (Å²) in [7, 11) is 0. The molecule has 1 aliphatic rings. The summed E-state index contributed by atoms with van der Waals surface area (Å²) in [5.74, 6) is 0.890. The van der Waals surface area contributed by atoms with E-state index in [1.165, 1.54) is 0 Å². The quantitative estimate of drug-likeness (QED) is 0.689. The first-order valence-corrected chi connectivity index (χ1v) is 5.21. The molecule has 0 saturated carbocycles. The Balaban J connectivity index is 2.58. The van der Waals surface area contributed by atoms with Crippen molar-refractivity contribution < 1.29 is 19.4 Å². The smallest absolute Gasteiger partial charge is 0.323 e. The van der Waals surface area contributed by atoms with Gasteiger partial charge in [-0.05, 0) is 19.3 Å². The Bertz CT molecular complexity index is 302. The van der Waals surface area contributed by atoms with Crippen molar-refractivity contribution in [1.82, 2.24) is 4.90 Å². The van der Waals surface area contributed by atoms with Crippen LogP contribution in [0, 0.1) is 12.3 Å². The zero-order chi connectivity index (χ0) is 12.0. The van der Waals surface area contributed by atoms with Gasteiger partial charge < -0.3 is 14.7 Å². The molecule has 1 saturated heterocycles. The van der Waals surface area contributed by atoms with E-state index in [4.69, 9.17) is 16.3 Å². The van der Waals surface area contributed by atoms with E-state index in [1.54, 1.807) is 0 Å². The lowest BCUT2D eigenvalue weighted by Crippen LogP contribution is -2.44. The molecular formula is C11H15NO4. The molecule has 0 bridgehead atoms. The lowest BCUT2D eigenvalue weighted by atomic mass is 10.1. The van der Waals surface area contributed by atoms with Crippen molar-refractivity contribution >= 4 is 11.9 Å². The topological polar surface area (TPSA) is 66.8 Å². The van der Waals surface area contributed by atoms with Crippen LogP contribution >= 0.6 is 0 Å². The van der Waals surface area contributed by atoms with Gasteiger partial charge in [-0.15, -0.1) is 6.42 Å². The average molecular weight is 225 g/mol. The van der Waals surface area contributed by atoms with Gasteiger partial charge in [0.1, 0.15) is 12.6 Å². The van der Waals surface area contributed by atoms with Crippen LogP contribution in [0.2, 0.25) is 0 Å². The third kappa shape index (κ3) is 3.55. The van der Waals surface area contributed by atoms with Gasteiger partial charge in [0, 0.05) is 6.61 Å². The normalized spacial score (nSPS) is 19.8. The number of carboxylic acid groups (broad SMARTS) is 1. The van der Waals surface area contributed by atoms with Gasteiger partial charge in [0.05, 0.1) is 6.54 Å². The Morgan fingerprint density at radius 3 is 2.75 bits per heavy atom. The minimum absolute atomic E-state index is 0.00495. The molecule has 1 aliphatic heterocycles. The number of terminal acetylenes is 1. The Hall–Kier alpha value is -1.54. The molecule has 1 N–H and O–H groups in total. The fraction of sp³-hybridized carbons (Fsp3) is 0.636. The number of hydrogen-bond acceptors (Lipinski definition) is 3. The summed E-state index contributed by atoms with van der Waals surface area (Å²) in [5, 5.41) is 8.65. The number of carbonyl (C=O) groups excluding carboxylic acids is 1. The van der Waals surface area contributed by atoms with Crippen LogP contribution in [0.15, 0.2) is 0 Å². The van der Waals surface area contributed by atoms with Gasteiger partial charge in [-0.3, -0.25) is 9.59 Å². The molecule has 5 heteroatoms. The predicted octanol–water partition coefficient (Wildman–Crippen LogP) is 0.102. The van der Waals surface area contributed by atoms with E-state index < -0.39 is 12.1 Å². The van der Waals surface area contributed by atoms with Gasteiger partial charge in [0.15, 0.2) is 0 Å². The molecular weight excluding hydrogens is 210 g/mol. The van der Waals surface area contributed by atoms with E-state index in [9.17, 15) is 9.59 Å². The first kappa shape index (κ1) is 12.5. The van der Waals surface area contributed by atoms with Crippen molar-refractivity contribution in [2.45, 2.75) is 25.4 Å². The number of amides is 1. The van der Waals surface area contributed by atoms with Crippen LogP contribution < -0.4 is 0 Å². The molecule has 1 unspecified atom stereocenters. The number of carboxylic acids is 1. The van der Waals surface area contributed by atoms with E-state index in [0.29, 0.717) is 13.0 Å². The minimum Gasteiger partial charge on any atom is -0.480 e. The van der Waals surface area contributed by atoms with Gasteiger partial charge in [-0.2, -0.15) is 0 Å². The number of hydrogen-bond donors (Lipinski definition) is 1. The monoisotopic (exact) mass is 225 g/mol. The predicted molar refractivity (Wildman–Crippen MR) is 56.6 cm³/mol. The maximum Gasteiger partial charge on any atom is 0.323 e. The summed E-state index contributed by atoms with van der Waals surface area (Å²) in [6.45, 7) is 0.182. The van der Waals surface area contributed by atoms with Crippen molar-refractivity contribution in [3.8, 4) is 12.3 Å². The molecule has 5 nitrogen and oxygen atoms in total. The van der Waals surface area contributed by atoms with Crippen LogP contribution in [-0.4, -0.2) is 47.7 Å². The van der Waals surface area contributed by atoms with Gasteiger partial charge in [-0.1, -0.05) is 5.92 Å². The number of rotatable bonds is 4. The van der Waals surface area contributed by atoms with Crippen LogP contribution in [0.5, 0.6) is 0 Å². The molecule has 0 aliphatic carbocycles. The van der Waals surface area contributed by atoms with E-state index in [-0.39, 0.29) is 19.0 Å². The molecule has 0 radical (unpaired) electrons. The number of nitrogens with zero attached hydrogens (tertiary/aromatic N) is 1. The van der Waals surface area contributed by atoms with Crippen LogP contribution in [0.3, 0.4) is 0 Å². The number of carbonyl (C=O) groups is 2. The highest BCUT2D eigenvalue weighted by molar-refractivity contribution is 5.85. The summed E-state index contributed by atoms with van der Waals surface area (Å²) < 4.78 is 5.30. The van der Waals surface area contributed by atoms with Crippen LogP contribution in [0.4, 0.5) is 0 Å². The summed E-state index contributed by atoms with van der Waals surface area (Å²) >= 11 is 0. The van der Waals surface area contributed by atoms with Crippen molar-refractivity contribution in [3.05, 3.63) is 0 Å². The van der Waals surface area contributed by atoms with E-state index in [2.05, 4.69) is 5.92 Å². The summed E-state index contributed by atoms with van der Waals surface area (Å²) in [5.41, 5.74) is 0. The highest BCUT2D eigenvalue weighted by Crippen LogP contribution is 2.14. The Morgan fingerprint density at radius 1 is 1.50 bits per heavy atom.